The van der Waals surface area contributed by atoms with Crippen molar-refractivity contribution in [3.05, 3.63) is 59.0 Å². The first kappa shape index (κ1) is 19.3. The summed E-state index contributed by atoms with van der Waals surface area (Å²) < 4.78 is 7.42. The predicted octanol–water partition coefficient (Wildman–Crippen LogP) is 4.11. The maximum atomic E-state index is 13.4. The van der Waals surface area contributed by atoms with Crippen LogP contribution in [0.3, 0.4) is 0 Å². The molecule has 3 heterocycles. The fraction of sp³-hybridized carbons (Fsp3) is 0.350. The third-order valence-electron chi connectivity index (χ3n) is 5.17. The quantitative estimate of drug-likeness (QED) is 0.533. The summed E-state index contributed by atoms with van der Waals surface area (Å²) in [7, 11) is 0. The molecule has 0 N–H and O–H groups in total. The van der Waals surface area contributed by atoms with Crippen LogP contribution in [0.15, 0.2) is 57.3 Å². The Morgan fingerprint density at radius 2 is 2.07 bits per heavy atom. The summed E-state index contributed by atoms with van der Waals surface area (Å²) in [5.74, 6) is 0.590. The van der Waals surface area contributed by atoms with Crippen LogP contribution in [0.1, 0.15) is 49.6 Å². The molecule has 8 nitrogen and oxygen atoms in total. The summed E-state index contributed by atoms with van der Waals surface area (Å²) in [4.78, 5) is 13.4. The third kappa shape index (κ3) is 3.75. The maximum Gasteiger partial charge on any atom is 0.256 e. The SMILES string of the molecule is C[C@H](Sc1nnnn1C1CC1)C(=O)N1N=C(c2ccc(Cl)cc2)C[C@@H]1c1ccco1. The second kappa shape index (κ2) is 7.88. The Bertz CT molecular complexity index is 1080. The summed E-state index contributed by atoms with van der Waals surface area (Å²) in [5, 5.41) is 19.0. The van der Waals surface area contributed by atoms with Gasteiger partial charge in [0, 0.05) is 11.4 Å². The van der Waals surface area contributed by atoms with E-state index in [0.29, 0.717) is 28.4 Å². The lowest BCUT2D eigenvalue weighted by Crippen LogP contribution is -2.33. The Hall–Kier alpha value is -2.65. The van der Waals surface area contributed by atoms with E-state index in [1.54, 1.807) is 6.26 Å². The molecule has 0 radical (unpaired) electrons. The molecule has 1 amide bonds. The number of halogens is 1. The number of hydrazone groups is 1. The lowest BCUT2D eigenvalue weighted by molar-refractivity contribution is -0.132. The number of hydrogen-bond donors (Lipinski definition) is 0. The van der Waals surface area contributed by atoms with Gasteiger partial charge in [-0.2, -0.15) is 5.10 Å². The van der Waals surface area contributed by atoms with Gasteiger partial charge in [-0.1, -0.05) is 35.5 Å². The third-order valence-corrected chi connectivity index (χ3v) is 6.46. The highest BCUT2D eigenvalue weighted by Crippen LogP contribution is 2.39. The lowest BCUT2D eigenvalue weighted by atomic mass is 10.0. The average Bonchev–Trinajstić information content (AvgIpc) is 3.15. The number of tetrazole rings is 1. The van der Waals surface area contributed by atoms with Crippen LogP contribution in [0.5, 0.6) is 0 Å². The standard InChI is InChI=1S/C20H19ClN6O2S/c1-12(30-20-22-24-25-26(20)15-8-9-15)19(28)27-17(18-3-2-10-29-18)11-16(23-27)13-4-6-14(21)7-5-13/h2-7,10,12,15,17H,8-9,11H2,1H3/t12-,17+/m0/s1. The van der Waals surface area contributed by atoms with Crippen LogP contribution in [0, 0.1) is 0 Å². The second-order valence-electron chi connectivity index (χ2n) is 7.37. The molecule has 1 aliphatic heterocycles. The Kier molecular flexibility index (Phi) is 5.08. The zero-order valence-corrected chi connectivity index (χ0v) is 17.8. The topological polar surface area (TPSA) is 89.4 Å². The number of thioether (sulfide) groups is 1. The van der Waals surface area contributed by atoms with Crippen molar-refractivity contribution < 1.29 is 9.21 Å². The van der Waals surface area contributed by atoms with Crippen molar-refractivity contribution in [1.29, 1.82) is 0 Å². The highest BCUT2D eigenvalue weighted by molar-refractivity contribution is 8.00. The second-order valence-corrected chi connectivity index (χ2v) is 9.11. The van der Waals surface area contributed by atoms with Crippen molar-refractivity contribution in [2.24, 2.45) is 5.10 Å². The minimum Gasteiger partial charge on any atom is -0.467 e. The first-order valence-corrected chi connectivity index (χ1v) is 11.0. The van der Waals surface area contributed by atoms with Gasteiger partial charge < -0.3 is 4.42 Å². The molecule has 2 aliphatic rings. The van der Waals surface area contributed by atoms with Gasteiger partial charge in [0.05, 0.1) is 23.3 Å². The Morgan fingerprint density at radius 3 is 2.77 bits per heavy atom. The van der Waals surface area contributed by atoms with Crippen LogP contribution in [0.2, 0.25) is 5.02 Å². The van der Waals surface area contributed by atoms with E-state index >= 15 is 0 Å². The summed E-state index contributed by atoms with van der Waals surface area (Å²) in [6.07, 6.45) is 4.32. The average molecular weight is 443 g/mol. The van der Waals surface area contributed by atoms with E-state index in [2.05, 4.69) is 20.6 Å². The van der Waals surface area contributed by atoms with Crippen LogP contribution in [-0.4, -0.2) is 42.1 Å². The highest BCUT2D eigenvalue weighted by atomic mass is 35.5. The number of hydrogen-bond acceptors (Lipinski definition) is 7. The number of aromatic nitrogens is 4. The maximum absolute atomic E-state index is 13.4. The number of carbonyl (C=O) groups excluding carboxylic acids is 1. The van der Waals surface area contributed by atoms with Gasteiger partial charge in [-0.05, 0) is 60.0 Å². The van der Waals surface area contributed by atoms with Gasteiger partial charge in [-0.15, -0.1) is 5.10 Å². The molecule has 3 aromatic rings. The Morgan fingerprint density at radius 1 is 1.27 bits per heavy atom. The summed E-state index contributed by atoms with van der Waals surface area (Å²) >= 11 is 7.37. The van der Waals surface area contributed by atoms with Crippen molar-refractivity contribution in [2.45, 2.75) is 48.7 Å². The van der Waals surface area contributed by atoms with E-state index in [9.17, 15) is 4.79 Å². The van der Waals surface area contributed by atoms with Crippen molar-refractivity contribution in [2.75, 3.05) is 0 Å². The van der Waals surface area contributed by atoms with Crippen molar-refractivity contribution in [3.63, 3.8) is 0 Å². The molecule has 1 aromatic carbocycles. The molecule has 0 saturated heterocycles. The number of furan rings is 1. The molecule has 10 heteroatoms. The van der Waals surface area contributed by atoms with Gasteiger partial charge in [-0.25, -0.2) is 9.69 Å². The first-order valence-electron chi connectivity index (χ1n) is 9.74. The van der Waals surface area contributed by atoms with E-state index in [1.807, 2.05) is 48.0 Å². The number of nitrogens with zero attached hydrogens (tertiary/aromatic N) is 6. The van der Waals surface area contributed by atoms with Crippen LogP contribution >= 0.6 is 23.4 Å². The molecule has 0 spiro atoms. The number of amides is 1. The van der Waals surface area contributed by atoms with Gasteiger partial charge in [0.25, 0.3) is 5.91 Å². The minimum absolute atomic E-state index is 0.115. The number of benzene rings is 1. The molecular weight excluding hydrogens is 424 g/mol. The normalized spacial score (nSPS) is 19.7. The molecule has 154 valence electrons. The van der Waals surface area contributed by atoms with Crippen LogP contribution in [0.25, 0.3) is 0 Å². The van der Waals surface area contributed by atoms with Crippen molar-refractivity contribution >= 4 is 35.0 Å². The fourth-order valence-corrected chi connectivity index (χ4v) is 4.47. The smallest absolute Gasteiger partial charge is 0.256 e. The van der Waals surface area contributed by atoms with Gasteiger partial charge in [-0.3, -0.25) is 4.79 Å². The van der Waals surface area contributed by atoms with Crippen molar-refractivity contribution in [1.82, 2.24) is 25.2 Å². The summed E-state index contributed by atoms with van der Waals surface area (Å²) in [5.41, 5.74) is 1.76. The van der Waals surface area contributed by atoms with E-state index < -0.39 is 5.25 Å². The van der Waals surface area contributed by atoms with Crippen molar-refractivity contribution in [3.8, 4) is 0 Å². The first-order chi connectivity index (χ1) is 14.6. The number of carbonyl (C=O) groups is 1. The van der Waals surface area contributed by atoms with Gasteiger partial charge in [0.15, 0.2) is 0 Å². The molecule has 30 heavy (non-hydrogen) atoms. The van der Waals surface area contributed by atoms with E-state index in [-0.39, 0.29) is 11.9 Å². The largest absolute Gasteiger partial charge is 0.467 e. The molecule has 1 saturated carbocycles. The Labute approximate surface area is 182 Å². The van der Waals surface area contributed by atoms with Gasteiger partial charge in [0.2, 0.25) is 5.16 Å². The number of rotatable bonds is 6. The lowest BCUT2D eigenvalue weighted by Gasteiger charge is -2.22. The monoisotopic (exact) mass is 442 g/mol. The van der Waals surface area contributed by atoms with Crippen LogP contribution in [0.4, 0.5) is 0 Å². The molecule has 1 aliphatic carbocycles. The van der Waals surface area contributed by atoms with Crippen LogP contribution in [-0.2, 0) is 4.79 Å². The molecule has 1 fully saturated rings. The van der Waals surface area contributed by atoms with Gasteiger partial charge >= 0.3 is 0 Å². The highest BCUT2D eigenvalue weighted by Gasteiger charge is 2.38. The molecule has 0 bridgehead atoms. The van der Waals surface area contributed by atoms with Gasteiger partial charge in [0.1, 0.15) is 11.8 Å². The summed E-state index contributed by atoms with van der Waals surface area (Å²) in [6, 6.07) is 11.2. The molecule has 0 unspecified atom stereocenters. The predicted molar refractivity (Wildman–Crippen MR) is 112 cm³/mol. The minimum atomic E-state index is -0.403. The molecule has 2 aromatic heterocycles. The molecular formula is C20H19ClN6O2S. The van der Waals surface area contributed by atoms with E-state index in [0.717, 1.165) is 24.1 Å². The molecule has 5 rings (SSSR count). The zero-order chi connectivity index (χ0) is 20.7. The fourth-order valence-electron chi connectivity index (χ4n) is 3.44. The van der Waals surface area contributed by atoms with E-state index in [1.165, 1.54) is 16.8 Å². The zero-order valence-electron chi connectivity index (χ0n) is 16.2. The molecule has 2 atom stereocenters. The summed E-state index contributed by atoms with van der Waals surface area (Å²) in [6.45, 7) is 1.86. The Balaban J connectivity index is 1.40. The van der Waals surface area contributed by atoms with Crippen LogP contribution < -0.4 is 0 Å². The van der Waals surface area contributed by atoms with E-state index in [4.69, 9.17) is 16.0 Å².